The Morgan fingerprint density at radius 3 is 2.43 bits per heavy atom. The molecule has 0 heterocycles. The van der Waals surface area contributed by atoms with Gasteiger partial charge in [0.15, 0.2) is 0 Å². The van der Waals surface area contributed by atoms with Crippen LogP contribution in [0.25, 0.3) is 0 Å². The third kappa shape index (κ3) is 3.42. The van der Waals surface area contributed by atoms with Gasteiger partial charge in [-0.1, -0.05) is 33.6 Å². The van der Waals surface area contributed by atoms with Crippen LogP contribution >= 0.6 is 15.9 Å². The number of rotatable bonds is 4. The van der Waals surface area contributed by atoms with Crippen molar-refractivity contribution >= 4 is 21.6 Å². The number of ether oxygens (including phenoxy) is 1. The first-order valence-corrected chi connectivity index (χ1v) is 7.63. The van der Waals surface area contributed by atoms with Gasteiger partial charge in [-0.05, 0) is 38.5 Å². The van der Waals surface area contributed by atoms with Crippen LogP contribution in [0, 0.1) is 30.9 Å². The number of aryl methyl sites for hydroxylation is 3. The van der Waals surface area contributed by atoms with Gasteiger partial charge in [-0.25, -0.2) is 0 Å². The predicted molar refractivity (Wildman–Crippen MR) is 86.5 cm³/mol. The number of hydrogen-bond donors (Lipinski definition) is 0. The second kappa shape index (κ2) is 6.26. The molecular weight excluding hydrogens is 334 g/mol. The Kier molecular flexibility index (Phi) is 4.63. The molecule has 0 bridgehead atoms. The highest BCUT2D eigenvalue weighted by Gasteiger charge is 2.15. The van der Waals surface area contributed by atoms with Gasteiger partial charge in [0, 0.05) is 22.5 Å². The van der Waals surface area contributed by atoms with Crippen LogP contribution in [0.15, 0.2) is 30.3 Å². The number of hydrogen-bond acceptors (Lipinski definition) is 3. The molecular formula is C16H16BrNO3. The summed E-state index contributed by atoms with van der Waals surface area (Å²) >= 11 is 3.45. The summed E-state index contributed by atoms with van der Waals surface area (Å²) in [5.74, 6) is 1.40. The van der Waals surface area contributed by atoms with Crippen LogP contribution in [0.5, 0.6) is 11.5 Å². The van der Waals surface area contributed by atoms with Crippen LogP contribution in [0.1, 0.15) is 22.3 Å². The highest BCUT2D eigenvalue weighted by Crippen LogP contribution is 2.33. The van der Waals surface area contributed by atoms with Gasteiger partial charge >= 0.3 is 0 Å². The molecule has 2 rings (SSSR count). The van der Waals surface area contributed by atoms with E-state index in [0.29, 0.717) is 16.6 Å². The number of alkyl halides is 1. The van der Waals surface area contributed by atoms with Gasteiger partial charge in [0.05, 0.1) is 4.92 Å². The summed E-state index contributed by atoms with van der Waals surface area (Å²) in [5.41, 5.74) is 3.66. The van der Waals surface area contributed by atoms with E-state index in [1.807, 2.05) is 26.0 Å². The van der Waals surface area contributed by atoms with Gasteiger partial charge in [0.1, 0.15) is 11.5 Å². The molecule has 0 amide bonds. The Balaban J connectivity index is 2.41. The van der Waals surface area contributed by atoms with E-state index in [1.165, 1.54) is 0 Å². The van der Waals surface area contributed by atoms with Crippen molar-refractivity contribution < 1.29 is 9.66 Å². The molecule has 0 aliphatic carbocycles. The van der Waals surface area contributed by atoms with E-state index in [0.717, 1.165) is 22.4 Å². The molecule has 0 radical (unpaired) electrons. The van der Waals surface area contributed by atoms with Crippen molar-refractivity contribution in [1.29, 1.82) is 0 Å². The first-order valence-electron chi connectivity index (χ1n) is 6.51. The molecule has 2 aromatic carbocycles. The van der Waals surface area contributed by atoms with E-state index in [2.05, 4.69) is 22.0 Å². The fourth-order valence-corrected chi connectivity index (χ4v) is 2.55. The molecule has 4 nitrogen and oxygen atoms in total. The number of nitro groups is 1. The minimum absolute atomic E-state index is 0.115. The highest BCUT2D eigenvalue weighted by atomic mass is 79.9. The van der Waals surface area contributed by atoms with Crippen molar-refractivity contribution in [3.63, 3.8) is 0 Å². The summed E-state index contributed by atoms with van der Waals surface area (Å²) in [7, 11) is 0. The monoisotopic (exact) mass is 349 g/mol. The van der Waals surface area contributed by atoms with E-state index in [-0.39, 0.29) is 10.6 Å². The summed E-state index contributed by atoms with van der Waals surface area (Å²) in [6, 6.07) is 9.22. The minimum Gasteiger partial charge on any atom is -0.457 e. The molecule has 110 valence electrons. The maximum Gasteiger partial charge on any atom is 0.272 e. The quantitative estimate of drug-likeness (QED) is 0.432. The molecule has 0 atom stereocenters. The zero-order chi connectivity index (χ0) is 15.6. The van der Waals surface area contributed by atoms with Crippen molar-refractivity contribution in [1.82, 2.24) is 0 Å². The summed E-state index contributed by atoms with van der Waals surface area (Å²) in [6.45, 7) is 5.55. The van der Waals surface area contributed by atoms with Gasteiger partial charge in [-0.3, -0.25) is 10.1 Å². The fourth-order valence-electron chi connectivity index (χ4n) is 2.11. The first kappa shape index (κ1) is 15.5. The van der Waals surface area contributed by atoms with E-state index in [1.54, 1.807) is 19.1 Å². The lowest BCUT2D eigenvalue weighted by atomic mass is 10.1. The first-order chi connectivity index (χ1) is 9.92. The topological polar surface area (TPSA) is 52.4 Å². The standard InChI is InChI=1S/C16H16BrNO3/c1-10-4-5-15(13(6-10)9-17)21-16-8-11(2)14(18(19)20)7-12(16)3/h4-8H,9H2,1-3H3. The lowest BCUT2D eigenvalue weighted by Gasteiger charge is -2.13. The second-order valence-corrected chi connectivity index (χ2v) is 5.57. The van der Waals surface area contributed by atoms with Crippen molar-refractivity contribution in [3.8, 4) is 11.5 Å². The summed E-state index contributed by atoms with van der Waals surface area (Å²) in [5, 5.41) is 11.6. The van der Waals surface area contributed by atoms with Crippen LogP contribution in [-0.4, -0.2) is 4.92 Å². The second-order valence-electron chi connectivity index (χ2n) is 5.01. The Labute approximate surface area is 132 Å². The van der Waals surface area contributed by atoms with Crippen LogP contribution in [0.4, 0.5) is 5.69 Å². The van der Waals surface area contributed by atoms with Gasteiger partial charge in [0.2, 0.25) is 0 Å². The summed E-state index contributed by atoms with van der Waals surface area (Å²) in [4.78, 5) is 10.6. The lowest BCUT2D eigenvalue weighted by molar-refractivity contribution is -0.385. The smallest absolute Gasteiger partial charge is 0.272 e. The third-order valence-corrected chi connectivity index (χ3v) is 3.87. The van der Waals surface area contributed by atoms with Gasteiger partial charge < -0.3 is 4.74 Å². The Hall–Kier alpha value is -1.88. The largest absolute Gasteiger partial charge is 0.457 e. The van der Waals surface area contributed by atoms with Gasteiger partial charge in [0.25, 0.3) is 5.69 Å². The molecule has 5 heteroatoms. The molecule has 0 aromatic heterocycles. The van der Waals surface area contributed by atoms with Crippen LogP contribution in [0.2, 0.25) is 0 Å². The molecule has 21 heavy (non-hydrogen) atoms. The zero-order valence-corrected chi connectivity index (χ0v) is 13.7. The number of halogens is 1. The normalized spacial score (nSPS) is 10.5. The molecule has 0 saturated carbocycles. The van der Waals surface area contributed by atoms with Crippen molar-refractivity contribution in [3.05, 3.63) is 62.7 Å². The molecule has 0 aliphatic rings. The maximum atomic E-state index is 10.9. The Bertz CT molecular complexity index is 698. The average molecular weight is 350 g/mol. The molecule has 0 fully saturated rings. The highest BCUT2D eigenvalue weighted by molar-refractivity contribution is 9.08. The number of benzene rings is 2. The zero-order valence-electron chi connectivity index (χ0n) is 12.1. The third-order valence-electron chi connectivity index (χ3n) is 3.27. The van der Waals surface area contributed by atoms with Crippen LogP contribution in [0.3, 0.4) is 0 Å². The van der Waals surface area contributed by atoms with Crippen LogP contribution in [-0.2, 0) is 5.33 Å². The van der Waals surface area contributed by atoms with E-state index >= 15 is 0 Å². The SMILES string of the molecule is Cc1ccc(Oc2cc(C)c([N+](=O)[O-])cc2C)c(CBr)c1. The molecule has 2 aromatic rings. The van der Waals surface area contributed by atoms with E-state index in [9.17, 15) is 10.1 Å². The maximum absolute atomic E-state index is 10.9. The molecule has 0 spiro atoms. The lowest BCUT2D eigenvalue weighted by Crippen LogP contribution is -1.96. The molecule has 0 N–H and O–H groups in total. The minimum atomic E-state index is -0.373. The summed E-state index contributed by atoms with van der Waals surface area (Å²) in [6.07, 6.45) is 0. The van der Waals surface area contributed by atoms with Crippen LogP contribution < -0.4 is 4.74 Å². The van der Waals surface area contributed by atoms with Gasteiger partial charge in [-0.2, -0.15) is 0 Å². The van der Waals surface area contributed by atoms with E-state index < -0.39 is 0 Å². The molecule has 0 unspecified atom stereocenters. The van der Waals surface area contributed by atoms with Crippen molar-refractivity contribution in [2.75, 3.05) is 0 Å². The van der Waals surface area contributed by atoms with Crippen molar-refractivity contribution in [2.24, 2.45) is 0 Å². The Morgan fingerprint density at radius 2 is 1.81 bits per heavy atom. The average Bonchev–Trinajstić information content (AvgIpc) is 2.43. The predicted octanol–water partition coefficient (Wildman–Crippen LogP) is 5.21. The number of nitro benzene ring substituents is 1. The van der Waals surface area contributed by atoms with Crippen molar-refractivity contribution in [2.45, 2.75) is 26.1 Å². The molecule has 0 aliphatic heterocycles. The Morgan fingerprint density at radius 1 is 1.10 bits per heavy atom. The fraction of sp³-hybridized carbons (Fsp3) is 0.250. The van der Waals surface area contributed by atoms with E-state index in [4.69, 9.17) is 4.74 Å². The summed E-state index contributed by atoms with van der Waals surface area (Å²) < 4.78 is 5.95. The van der Waals surface area contributed by atoms with Gasteiger partial charge in [-0.15, -0.1) is 0 Å². The molecule has 0 saturated heterocycles. The number of nitrogens with zero attached hydrogens (tertiary/aromatic N) is 1.